The number of ether oxygens (including phenoxy) is 1. The zero-order chi connectivity index (χ0) is 12.7. The maximum absolute atomic E-state index is 12.4. The summed E-state index contributed by atoms with van der Waals surface area (Å²) in [6.45, 7) is 3.88. The highest BCUT2D eigenvalue weighted by molar-refractivity contribution is 7.15. The molecule has 0 saturated heterocycles. The third-order valence-corrected chi connectivity index (χ3v) is 3.36. The van der Waals surface area contributed by atoms with E-state index in [0.717, 1.165) is 0 Å². The number of rotatable bonds is 2. The topological polar surface area (TPSA) is 43.6 Å². The molecule has 0 aliphatic carbocycles. The first-order chi connectivity index (χ1) is 8.66. The Hall–Kier alpha value is -1.88. The van der Waals surface area contributed by atoms with Crippen molar-refractivity contribution in [1.29, 1.82) is 0 Å². The highest BCUT2D eigenvalue weighted by Crippen LogP contribution is 2.23. The van der Waals surface area contributed by atoms with E-state index in [1.54, 1.807) is 10.6 Å². The largest absolute Gasteiger partial charge is 0.490 e. The summed E-state index contributed by atoms with van der Waals surface area (Å²) in [7, 11) is 0. The third kappa shape index (κ3) is 1.67. The van der Waals surface area contributed by atoms with Crippen molar-refractivity contribution in [2.75, 3.05) is 0 Å². The number of thiazole rings is 1. The van der Waals surface area contributed by atoms with Crippen molar-refractivity contribution in [3.63, 3.8) is 0 Å². The molecule has 0 radical (unpaired) electrons. The summed E-state index contributed by atoms with van der Waals surface area (Å²) in [4.78, 5) is 17.6. The van der Waals surface area contributed by atoms with Gasteiger partial charge >= 0.3 is 0 Å². The van der Waals surface area contributed by atoms with Gasteiger partial charge in [-0.25, -0.2) is 4.98 Å². The van der Waals surface area contributed by atoms with E-state index in [1.807, 2.05) is 37.4 Å². The number of nitrogens with zero attached hydrogens (tertiary/aromatic N) is 2. The summed E-state index contributed by atoms with van der Waals surface area (Å²) >= 11 is 1.45. The number of hydrogen-bond acceptors (Lipinski definition) is 4. The molecule has 3 rings (SSSR count). The number of hydrogen-bond donors (Lipinski definition) is 0. The van der Waals surface area contributed by atoms with Crippen LogP contribution >= 0.6 is 11.3 Å². The molecule has 0 bridgehead atoms. The van der Waals surface area contributed by atoms with Gasteiger partial charge in [0.05, 0.1) is 11.6 Å². The Bertz CT molecular complexity index is 773. The Balaban J connectivity index is 2.41. The molecule has 2 heterocycles. The molecule has 3 aromatic rings. The molecular formula is C13H12N2O2S. The van der Waals surface area contributed by atoms with Crippen LogP contribution in [-0.2, 0) is 0 Å². The van der Waals surface area contributed by atoms with Crippen LogP contribution in [0.25, 0.3) is 15.9 Å². The van der Waals surface area contributed by atoms with Gasteiger partial charge < -0.3 is 4.74 Å². The third-order valence-electron chi connectivity index (χ3n) is 2.61. The van der Waals surface area contributed by atoms with Crippen LogP contribution < -0.4 is 10.3 Å². The van der Waals surface area contributed by atoms with Gasteiger partial charge in [0.2, 0.25) is 0 Å². The molecule has 1 aromatic carbocycles. The molecule has 0 unspecified atom stereocenters. The summed E-state index contributed by atoms with van der Waals surface area (Å²) < 4.78 is 7.24. The lowest BCUT2D eigenvalue weighted by molar-refractivity contribution is 0.245. The van der Waals surface area contributed by atoms with E-state index in [2.05, 4.69) is 4.98 Å². The Labute approximate surface area is 107 Å². The zero-order valence-electron chi connectivity index (χ0n) is 10.1. The van der Waals surface area contributed by atoms with Gasteiger partial charge in [0.25, 0.3) is 5.56 Å². The van der Waals surface area contributed by atoms with Crippen LogP contribution in [0.1, 0.15) is 13.8 Å². The fourth-order valence-electron chi connectivity index (χ4n) is 1.91. The number of benzene rings is 1. The van der Waals surface area contributed by atoms with E-state index >= 15 is 0 Å². The van der Waals surface area contributed by atoms with Crippen LogP contribution in [0, 0.1) is 0 Å². The number of fused-ring (bicyclic) bond motifs is 2. The predicted octanol–water partition coefficient (Wildman–Crippen LogP) is 2.70. The summed E-state index contributed by atoms with van der Waals surface area (Å²) in [5.41, 5.74) is 0.605. The summed E-state index contributed by atoms with van der Waals surface area (Å²) in [6, 6.07) is 5.50. The molecule has 18 heavy (non-hydrogen) atoms. The van der Waals surface area contributed by atoms with Gasteiger partial charge in [-0.1, -0.05) is 6.07 Å². The van der Waals surface area contributed by atoms with Crippen molar-refractivity contribution in [3.8, 4) is 5.75 Å². The molecule has 2 aromatic heterocycles. The Morgan fingerprint density at radius 2 is 2.22 bits per heavy atom. The highest BCUT2D eigenvalue weighted by atomic mass is 32.1. The van der Waals surface area contributed by atoms with Crippen molar-refractivity contribution in [1.82, 2.24) is 9.38 Å². The van der Waals surface area contributed by atoms with Crippen LogP contribution in [0.3, 0.4) is 0 Å². The predicted molar refractivity (Wildman–Crippen MR) is 72.6 cm³/mol. The zero-order valence-corrected chi connectivity index (χ0v) is 10.9. The first-order valence-electron chi connectivity index (χ1n) is 5.72. The van der Waals surface area contributed by atoms with E-state index < -0.39 is 0 Å². The van der Waals surface area contributed by atoms with Crippen LogP contribution in [0.2, 0.25) is 0 Å². The average Bonchev–Trinajstić information content (AvgIpc) is 2.76. The van der Waals surface area contributed by atoms with Crippen molar-refractivity contribution in [2.24, 2.45) is 0 Å². The van der Waals surface area contributed by atoms with Gasteiger partial charge in [-0.15, -0.1) is 11.3 Å². The smallest absolute Gasteiger partial charge is 0.270 e. The summed E-state index contributed by atoms with van der Waals surface area (Å²) in [6.07, 6.45) is 1.76. The van der Waals surface area contributed by atoms with Crippen LogP contribution in [0.15, 0.2) is 34.6 Å². The monoisotopic (exact) mass is 260 g/mol. The first kappa shape index (κ1) is 11.2. The fraction of sp³-hybridized carbons (Fsp3) is 0.231. The standard InChI is InChI=1S/C13H12N2O2S/c1-8(2)17-10-5-3-4-9-11(10)12(16)15-6-7-18-13(15)14-9/h3-8H,1-2H3. The van der Waals surface area contributed by atoms with Crippen molar-refractivity contribution < 1.29 is 4.74 Å². The second kappa shape index (κ2) is 4.10. The molecule has 0 atom stereocenters. The van der Waals surface area contributed by atoms with Crippen LogP contribution in [-0.4, -0.2) is 15.5 Å². The van der Waals surface area contributed by atoms with Crippen molar-refractivity contribution in [3.05, 3.63) is 40.1 Å². The van der Waals surface area contributed by atoms with Gasteiger partial charge in [0.15, 0.2) is 4.96 Å². The minimum absolute atomic E-state index is 0.0261. The number of aromatic nitrogens is 2. The summed E-state index contributed by atoms with van der Waals surface area (Å²) in [5, 5.41) is 2.40. The molecule has 0 spiro atoms. The lowest BCUT2D eigenvalue weighted by atomic mass is 10.2. The highest BCUT2D eigenvalue weighted by Gasteiger charge is 2.12. The van der Waals surface area contributed by atoms with Gasteiger partial charge in [0.1, 0.15) is 11.1 Å². The summed E-state index contributed by atoms with van der Waals surface area (Å²) in [5.74, 6) is 0.598. The van der Waals surface area contributed by atoms with E-state index in [-0.39, 0.29) is 11.7 Å². The van der Waals surface area contributed by atoms with E-state index in [1.165, 1.54) is 11.3 Å². The molecule has 5 heteroatoms. The van der Waals surface area contributed by atoms with Gasteiger partial charge in [-0.2, -0.15) is 0 Å². The first-order valence-corrected chi connectivity index (χ1v) is 6.60. The second-order valence-corrected chi connectivity index (χ2v) is 5.16. The average molecular weight is 260 g/mol. The normalized spacial score (nSPS) is 11.5. The van der Waals surface area contributed by atoms with Crippen molar-refractivity contribution in [2.45, 2.75) is 20.0 Å². The van der Waals surface area contributed by atoms with Crippen LogP contribution in [0.5, 0.6) is 5.75 Å². The fourth-order valence-corrected chi connectivity index (χ4v) is 2.62. The van der Waals surface area contributed by atoms with Gasteiger partial charge in [-0.3, -0.25) is 9.20 Å². The maximum atomic E-state index is 12.4. The van der Waals surface area contributed by atoms with Gasteiger partial charge in [0, 0.05) is 11.6 Å². The molecule has 0 aliphatic rings. The molecule has 0 aliphatic heterocycles. The van der Waals surface area contributed by atoms with Crippen molar-refractivity contribution >= 4 is 27.2 Å². The van der Waals surface area contributed by atoms with Crippen LogP contribution in [0.4, 0.5) is 0 Å². The SMILES string of the molecule is CC(C)Oc1cccc2nc3sccn3c(=O)c12. The molecule has 0 fully saturated rings. The molecule has 0 N–H and O–H groups in total. The quantitative estimate of drug-likeness (QED) is 0.711. The van der Waals surface area contributed by atoms with E-state index in [9.17, 15) is 4.79 Å². The van der Waals surface area contributed by atoms with E-state index in [0.29, 0.717) is 21.6 Å². The second-order valence-electron chi connectivity index (χ2n) is 4.29. The molecule has 4 nitrogen and oxygen atoms in total. The lowest BCUT2D eigenvalue weighted by Crippen LogP contribution is -2.15. The Morgan fingerprint density at radius 3 is 3.00 bits per heavy atom. The molecule has 92 valence electrons. The maximum Gasteiger partial charge on any atom is 0.270 e. The van der Waals surface area contributed by atoms with Gasteiger partial charge in [-0.05, 0) is 26.0 Å². The lowest BCUT2D eigenvalue weighted by Gasteiger charge is -2.11. The Kier molecular flexibility index (Phi) is 2.56. The van der Waals surface area contributed by atoms with E-state index in [4.69, 9.17) is 4.74 Å². The minimum Gasteiger partial charge on any atom is -0.490 e. The Morgan fingerprint density at radius 1 is 1.39 bits per heavy atom. The minimum atomic E-state index is -0.0764. The molecule has 0 amide bonds. The molecular weight excluding hydrogens is 248 g/mol. The molecule has 0 saturated carbocycles.